The summed E-state index contributed by atoms with van der Waals surface area (Å²) in [5, 5.41) is 7.02. The van der Waals surface area contributed by atoms with E-state index < -0.39 is 5.66 Å². The van der Waals surface area contributed by atoms with E-state index in [1.165, 1.54) is 5.56 Å². The molecule has 1 aliphatic rings. The Bertz CT molecular complexity index is 672. The number of benzene rings is 2. The Balaban J connectivity index is 1.77. The van der Waals surface area contributed by atoms with Crippen LogP contribution >= 0.6 is 11.6 Å². The molecule has 1 heterocycles. The van der Waals surface area contributed by atoms with Crippen LogP contribution in [0.1, 0.15) is 29.3 Å². The summed E-state index contributed by atoms with van der Waals surface area (Å²) in [7, 11) is 0. The third-order valence-corrected chi connectivity index (χ3v) is 4.02. The van der Waals surface area contributed by atoms with E-state index in [-0.39, 0.29) is 5.91 Å². The summed E-state index contributed by atoms with van der Waals surface area (Å²) < 4.78 is 0. The number of nitrogens with one attached hydrogen (secondary N) is 2. The topological polar surface area (TPSA) is 41.1 Å². The second-order valence-electron chi connectivity index (χ2n) is 5.59. The maximum atomic E-state index is 12.3. The van der Waals surface area contributed by atoms with Gasteiger partial charge in [0.05, 0.1) is 5.56 Å². The highest BCUT2D eigenvalue weighted by molar-refractivity contribution is 6.31. The number of carbonyl (C=O) groups excluding carboxylic acids is 1. The number of fused-ring (bicyclic) bond motifs is 1. The summed E-state index contributed by atoms with van der Waals surface area (Å²) in [5.74, 6) is -0.0817. The molecule has 2 N–H and O–H groups in total. The number of hydrogen-bond acceptors (Lipinski definition) is 2. The van der Waals surface area contributed by atoms with Crippen molar-refractivity contribution in [2.24, 2.45) is 0 Å². The molecule has 0 bridgehead atoms. The van der Waals surface area contributed by atoms with Crippen LogP contribution in [0, 0.1) is 0 Å². The minimum absolute atomic E-state index is 0.0817. The number of hydrogen-bond donors (Lipinski definition) is 2. The largest absolute Gasteiger partial charge is 0.362 e. The van der Waals surface area contributed by atoms with Crippen molar-refractivity contribution < 1.29 is 4.79 Å². The molecule has 21 heavy (non-hydrogen) atoms. The van der Waals surface area contributed by atoms with Crippen LogP contribution in [-0.2, 0) is 6.42 Å². The molecule has 1 unspecified atom stereocenters. The fraction of sp³-hybridized carbons (Fsp3) is 0.235. The minimum Gasteiger partial charge on any atom is -0.362 e. The molecule has 108 valence electrons. The summed E-state index contributed by atoms with van der Waals surface area (Å²) >= 11 is 5.95. The number of carbonyl (C=O) groups is 1. The molecule has 4 heteroatoms. The summed E-state index contributed by atoms with van der Waals surface area (Å²) in [5.41, 5.74) is 2.24. The molecule has 1 aliphatic heterocycles. The van der Waals surface area contributed by atoms with Crippen LogP contribution in [-0.4, -0.2) is 11.6 Å². The van der Waals surface area contributed by atoms with Crippen LogP contribution in [0.5, 0.6) is 0 Å². The molecule has 0 spiro atoms. The van der Waals surface area contributed by atoms with Crippen molar-refractivity contribution in [1.29, 1.82) is 0 Å². The standard InChI is InChI=1S/C17H17ClN2O/c1-17(10-9-12-5-3-2-4-6-12)19-15-8-7-13(18)11-14(15)16(21)20-17/h2-8,11,19H,9-10H2,1H3,(H,20,21). The SMILES string of the molecule is CC1(CCc2ccccc2)NC(=O)c2cc(Cl)ccc2N1. The zero-order chi connectivity index (χ0) is 14.9. The van der Waals surface area contributed by atoms with Crippen molar-refractivity contribution in [1.82, 2.24) is 5.32 Å². The first-order valence-electron chi connectivity index (χ1n) is 7.00. The van der Waals surface area contributed by atoms with Crippen LogP contribution < -0.4 is 10.6 Å². The van der Waals surface area contributed by atoms with E-state index in [0.29, 0.717) is 10.6 Å². The highest BCUT2D eigenvalue weighted by atomic mass is 35.5. The van der Waals surface area contributed by atoms with Crippen molar-refractivity contribution in [3.63, 3.8) is 0 Å². The first-order chi connectivity index (χ1) is 10.1. The van der Waals surface area contributed by atoms with Gasteiger partial charge in [-0.1, -0.05) is 41.9 Å². The van der Waals surface area contributed by atoms with Gasteiger partial charge in [0.1, 0.15) is 5.66 Å². The van der Waals surface area contributed by atoms with Crippen molar-refractivity contribution in [3.8, 4) is 0 Å². The van der Waals surface area contributed by atoms with Gasteiger partial charge in [-0.3, -0.25) is 4.79 Å². The molecule has 1 atom stereocenters. The maximum Gasteiger partial charge on any atom is 0.255 e. The van der Waals surface area contributed by atoms with Crippen LogP contribution in [0.3, 0.4) is 0 Å². The van der Waals surface area contributed by atoms with E-state index >= 15 is 0 Å². The molecule has 2 aromatic carbocycles. The summed E-state index contributed by atoms with van der Waals surface area (Å²) in [4.78, 5) is 12.3. The van der Waals surface area contributed by atoms with Gasteiger partial charge in [-0.05, 0) is 43.5 Å². The molecular weight excluding hydrogens is 284 g/mol. The number of anilines is 1. The second-order valence-corrected chi connectivity index (χ2v) is 6.02. The Kier molecular flexibility index (Phi) is 3.60. The second kappa shape index (κ2) is 5.41. The predicted octanol–water partition coefficient (Wildman–Crippen LogP) is 3.84. The first kappa shape index (κ1) is 14.0. The Morgan fingerprint density at radius 2 is 1.86 bits per heavy atom. The Morgan fingerprint density at radius 3 is 2.62 bits per heavy atom. The summed E-state index contributed by atoms with van der Waals surface area (Å²) in [6.07, 6.45) is 1.71. The van der Waals surface area contributed by atoms with Crippen molar-refractivity contribution in [3.05, 3.63) is 64.7 Å². The van der Waals surface area contributed by atoms with Crippen LogP contribution in [0.2, 0.25) is 5.02 Å². The maximum absolute atomic E-state index is 12.3. The lowest BCUT2D eigenvalue weighted by atomic mass is 9.97. The number of rotatable bonds is 3. The van der Waals surface area contributed by atoms with Crippen molar-refractivity contribution in [2.75, 3.05) is 5.32 Å². The number of amides is 1. The highest BCUT2D eigenvalue weighted by Gasteiger charge is 2.32. The van der Waals surface area contributed by atoms with Crippen LogP contribution in [0.4, 0.5) is 5.69 Å². The van der Waals surface area contributed by atoms with Gasteiger partial charge in [-0.2, -0.15) is 0 Å². The van der Waals surface area contributed by atoms with Gasteiger partial charge in [0.25, 0.3) is 5.91 Å². The normalized spacial score (nSPS) is 20.4. The molecule has 2 aromatic rings. The van der Waals surface area contributed by atoms with Crippen molar-refractivity contribution in [2.45, 2.75) is 25.4 Å². The molecule has 0 fully saturated rings. The van der Waals surface area contributed by atoms with E-state index in [2.05, 4.69) is 22.8 Å². The molecule has 0 saturated heterocycles. The lowest BCUT2D eigenvalue weighted by molar-refractivity contribution is 0.0903. The average molecular weight is 301 g/mol. The quantitative estimate of drug-likeness (QED) is 0.904. The Hall–Kier alpha value is -2.00. The monoisotopic (exact) mass is 300 g/mol. The summed E-state index contributed by atoms with van der Waals surface area (Å²) in [6, 6.07) is 15.6. The lowest BCUT2D eigenvalue weighted by Gasteiger charge is -2.37. The van der Waals surface area contributed by atoms with Gasteiger partial charge >= 0.3 is 0 Å². The highest BCUT2D eigenvalue weighted by Crippen LogP contribution is 2.29. The molecule has 0 radical (unpaired) electrons. The van der Waals surface area contributed by atoms with E-state index in [9.17, 15) is 4.79 Å². The van der Waals surface area contributed by atoms with Gasteiger partial charge in [0.15, 0.2) is 0 Å². The molecular formula is C17H17ClN2O. The lowest BCUT2D eigenvalue weighted by Crippen LogP contribution is -2.55. The van der Waals surface area contributed by atoms with E-state index in [0.717, 1.165) is 18.5 Å². The molecule has 1 amide bonds. The van der Waals surface area contributed by atoms with E-state index in [1.807, 2.05) is 31.2 Å². The Labute approximate surface area is 129 Å². The van der Waals surface area contributed by atoms with Gasteiger partial charge in [0, 0.05) is 10.7 Å². The first-order valence-corrected chi connectivity index (χ1v) is 7.38. The third kappa shape index (κ3) is 3.03. The average Bonchev–Trinajstić information content (AvgIpc) is 2.47. The molecule has 0 aromatic heterocycles. The van der Waals surface area contributed by atoms with Crippen LogP contribution in [0.15, 0.2) is 48.5 Å². The van der Waals surface area contributed by atoms with E-state index in [4.69, 9.17) is 11.6 Å². The smallest absolute Gasteiger partial charge is 0.255 e. The summed E-state index contributed by atoms with van der Waals surface area (Å²) in [6.45, 7) is 2.01. The van der Waals surface area contributed by atoms with Gasteiger partial charge in [0.2, 0.25) is 0 Å². The van der Waals surface area contributed by atoms with Crippen molar-refractivity contribution >= 4 is 23.2 Å². The fourth-order valence-corrected chi connectivity index (χ4v) is 2.80. The predicted molar refractivity (Wildman–Crippen MR) is 85.7 cm³/mol. The Morgan fingerprint density at radius 1 is 1.10 bits per heavy atom. The third-order valence-electron chi connectivity index (χ3n) is 3.78. The molecule has 3 rings (SSSR count). The molecule has 0 saturated carbocycles. The van der Waals surface area contributed by atoms with Crippen LogP contribution in [0.25, 0.3) is 0 Å². The van der Waals surface area contributed by atoms with Gasteiger partial charge in [-0.15, -0.1) is 0 Å². The minimum atomic E-state index is -0.451. The fourth-order valence-electron chi connectivity index (χ4n) is 2.62. The zero-order valence-electron chi connectivity index (χ0n) is 11.8. The number of aryl methyl sites for hydroxylation is 1. The zero-order valence-corrected chi connectivity index (χ0v) is 12.6. The van der Waals surface area contributed by atoms with Gasteiger partial charge < -0.3 is 10.6 Å². The molecule has 3 nitrogen and oxygen atoms in total. The number of halogens is 1. The van der Waals surface area contributed by atoms with Gasteiger partial charge in [-0.25, -0.2) is 0 Å². The molecule has 0 aliphatic carbocycles. The van der Waals surface area contributed by atoms with E-state index in [1.54, 1.807) is 12.1 Å².